The first-order valence-electron chi connectivity index (χ1n) is 13.4. The van der Waals surface area contributed by atoms with E-state index in [-0.39, 0.29) is 18.6 Å². The molecule has 6 nitrogen and oxygen atoms in total. The van der Waals surface area contributed by atoms with E-state index in [4.69, 9.17) is 4.74 Å². The van der Waals surface area contributed by atoms with Gasteiger partial charge in [-0.3, -0.25) is 9.78 Å². The summed E-state index contributed by atoms with van der Waals surface area (Å²) in [5, 5.41) is 3.48. The third-order valence-corrected chi connectivity index (χ3v) is 8.18. The molecule has 38 heavy (non-hydrogen) atoms. The Hall–Kier alpha value is -2.65. The third kappa shape index (κ3) is 6.15. The number of rotatable bonds is 8. The number of fused-ring (bicyclic) bond motifs is 1. The van der Waals surface area contributed by atoms with Gasteiger partial charge in [0.05, 0.1) is 30.1 Å². The number of carbonyl (C=O) groups excluding carboxylic acids is 1. The minimum atomic E-state index is -4.65. The Balaban J connectivity index is 0.00000420. The van der Waals surface area contributed by atoms with Crippen LogP contribution in [0.1, 0.15) is 57.4 Å². The number of hydrogen-bond donors (Lipinski definition) is 1. The van der Waals surface area contributed by atoms with Crippen LogP contribution in [0.4, 0.5) is 18.9 Å². The number of amides is 1. The topological polar surface area (TPSA) is 57.7 Å². The molecule has 1 aliphatic carbocycles. The first-order valence-corrected chi connectivity index (χ1v) is 13.4. The molecular weight excluding hydrogens is 493 g/mol. The SMILES string of the molecule is COCCN1CCCCC(C(=O)N(C)[C@@H](c2ccc(NC3Cc4ccccc4C3(C)C)cn2)C(F)(F)F)C1.[HH]. The molecule has 0 radical (unpaired) electrons. The highest BCUT2D eigenvalue weighted by Crippen LogP contribution is 2.41. The number of hydrogen-bond acceptors (Lipinski definition) is 5. The zero-order chi connectivity index (χ0) is 27.5. The summed E-state index contributed by atoms with van der Waals surface area (Å²) in [5.74, 6) is -0.984. The lowest BCUT2D eigenvalue weighted by Gasteiger charge is -2.33. The Labute approximate surface area is 225 Å². The summed E-state index contributed by atoms with van der Waals surface area (Å²) < 4.78 is 48.1. The first kappa shape index (κ1) is 28.4. The maximum absolute atomic E-state index is 14.3. The Morgan fingerprint density at radius 1 is 1.26 bits per heavy atom. The third-order valence-electron chi connectivity index (χ3n) is 8.18. The second-order valence-corrected chi connectivity index (χ2v) is 11.1. The molecule has 3 atom stereocenters. The van der Waals surface area contributed by atoms with Gasteiger partial charge in [-0.1, -0.05) is 44.5 Å². The molecule has 2 heterocycles. The number of nitrogens with one attached hydrogen (secondary N) is 1. The number of aromatic nitrogens is 1. The Morgan fingerprint density at radius 2 is 2.03 bits per heavy atom. The fraction of sp³-hybridized carbons (Fsp3) is 0.586. The zero-order valence-corrected chi connectivity index (χ0v) is 22.7. The predicted molar refractivity (Wildman–Crippen MR) is 144 cm³/mol. The number of anilines is 1. The average Bonchev–Trinajstić information content (AvgIpc) is 3.01. The summed E-state index contributed by atoms with van der Waals surface area (Å²) in [7, 11) is 2.86. The molecule has 1 aromatic carbocycles. The summed E-state index contributed by atoms with van der Waals surface area (Å²) in [5.41, 5.74) is 2.89. The van der Waals surface area contributed by atoms with Crippen LogP contribution in [0.5, 0.6) is 0 Å². The van der Waals surface area contributed by atoms with Crippen molar-refractivity contribution in [2.45, 2.75) is 63.2 Å². The lowest BCUT2D eigenvalue weighted by Crippen LogP contribution is -2.45. The van der Waals surface area contributed by atoms with Gasteiger partial charge in [0.2, 0.25) is 5.91 Å². The molecule has 1 amide bonds. The summed E-state index contributed by atoms with van der Waals surface area (Å²) in [6.07, 6.45) is -0.0715. The standard InChI is InChI=1S/C29H39F3N4O2.H2/c1-28(2)23-11-6-5-9-20(23)17-25(28)34-22-12-13-24(33-18-22)26(29(30,31)32)35(3)27(37)21-10-7-8-14-36(19-21)15-16-38-4;/h5-6,9,11-13,18,21,25-26,34H,7-8,10,14-17,19H2,1-4H3;1H/t21?,25?,26-;/m0./s1. The van der Waals surface area contributed by atoms with E-state index in [1.54, 1.807) is 13.2 Å². The molecule has 2 aromatic rings. The number of pyridine rings is 1. The molecule has 1 fully saturated rings. The van der Waals surface area contributed by atoms with Crippen molar-refractivity contribution in [1.82, 2.24) is 14.8 Å². The molecule has 0 bridgehead atoms. The van der Waals surface area contributed by atoms with Crippen molar-refractivity contribution in [2.24, 2.45) is 5.92 Å². The number of methoxy groups -OCH3 is 1. The molecule has 0 spiro atoms. The number of likely N-dealkylation sites (tertiary alicyclic amines) is 1. The molecule has 210 valence electrons. The van der Waals surface area contributed by atoms with Crippen LogP contribution in [0, 0.1) is 5.92 Å². The molecule has 1 saturated heterocycles. The lowest BCUT2D eigenvalue weighted by molar-refractivity contribution is -0.191. The van der Waals surface area contributed by atoms with Crippen molar-refractivity contribution in [3.8, 4) is 0 Å². The highest BCUT2D eigenvalue weighted by Gasteiger charge is 2.47. The van der Waals surface area contributed by atoms with Crippen LogP contribution in [-0.4, -0.2) is 73.3 Å². The molecular formula is C29H41F3N4O2. The van der Waals surface area contributed by atoms with Gasteiger partial charge in [-0.25, -0.2) is 0 Å². The van der Waals surface area contributed by atoms with Crippen molar-refractivity contribution in [3.63, 3.8) is 0 Å². The van der Waals surface area contributed by atoms with Crippen LogP contribution in [0.3, 0.4) is 0 Å². The summed E-state index contributed by atoms with van der Waals surface area (Å²) in [6.45, 7) is 6.78. The largest absolute Gasteiger partial charge is 0.414 e. The van der Waals surface area contributed by atoms with E-state index in [0.29, 0.717) is 31.8 Å². The van der Waals surface area contributed by atoms with Crippen molar-refractivity contribution < 1.29 is 24.1 Å². The average molecular weight is 535 g/mol. The van der Waals surface area contributed by atoms with Crippen LogP contribution in [0.2, 0.25) is 0 Å². The second kappa shape index (κ2) is 11.6. The molecule has 4 rings (SSSR count). The molecule has 9 heteroatoms. The number of carbonyl (C=O) groups is 1. The van der Waals surface area contributed by atoms with Gasteiger partial charge in [0.25, 0.3) is 0 Å². The van der Waals surface area contributed by atoms with E-state index in [2.05, 4.69) is 41.2 Å². The number of halogens is 3. The first-order chi connectivity index (χ1) is 18.0. The Morgan fingerprint density at radius 3 is 2.68 bits per heavy atom. The highest BCUT2D eigenvalue weighted by atomic mass is 19.4. The van der Waals surface area contributed by atoms with Gasteiger partial charge in [0, 0.05) is 40.1 Å². The second-order valence-electron chi connectivity index (χ2n) is 11.1. The molecule has 0 saturated carbocycles. The predicted octanol–water partition coefficient (Wildman–Crippen LogP) is 5.45. The van der Waals surface area contributed by atoms with Crippen molar-refractivity contribution >= 4 is 11.6 Å². The Bertz CT molecular complexity index is 1100. The highest BCUT2D eigenvalue weighted by molar-refractivity contribution is 5.79. The number of ether oxygens (including phenoxy) is 1. The van der Waals surface area contributed by atoms with Gasteiger partial charge in [0.15, 0.2) is 6.04 Å². The van der Waals surface area contributed by atoms with Crippen LogP contribution in [-0.2, 0) is 21.4 Å². The van der Waals surface area contributed by atoms with Crippen LogP contribution < -0.4 is 5.32 Å². The van der Waals surface area contributed by atoms with E-state index in [1.165, 1.54) is 30.4 Å². The van der Waals surface area contributed by atoms with E-state index >= 15 is 0 Å². The number of benzene rings is 1. The van der Waals surface area contributed by atoms with Gasteiger partial charge in [-0.15, -0.1) is 0 Å². The van der Waals surface area contributed by atoms with Gasteiger partial charge in [-0.2, -0.15) is 13.2 Å². The van der Waals surface area contributed by atoms with Gasteiger partial charge < -0.3 is 19.9 Å². The van der Waals surface area contributed by atoms with Gasteiger partial charge in [-0.05, 0) is 49.1 Å². The van der Waals surface area contributed by atoms with Crippen molar-refractivity contribution in [1.29, 1.82) is 0 Å². The minimum absolute atomic E-state index is 0. The molecule has 1 aromatic heterocycles. The normalized spacial score (nSPS) is 22.4. The Kier molecular flexibility index (Phi) is 8.67. The summed E-state index contributed by atoms with van der Waals surface area (Å²) >= 11 is 0. The maximum Gasteiger partial charge on any atom is 0.414 e. The fourth-order valence-electron chi connectivity index (χ4n) is 5.92. The van der Waals surface area contributed by atoms with Crippen LogP contribution >= 0.6 is 0 Å². The zero-order valence-electron chi connectivity index (χ0n) is 22.7. The summed E-state index contributed by atoms with van der Waals surface area (Å²) in [6, 6.07) is 9.30. The van der Waals surface area contributed by atoms with E-state index < -0.39 is 24.0 Å². The van der Waals surface area contributed by atoms with Gasteiger partial charge >= 0.3 is 6.18 Å². The monoisotopic (exact) mass is 534 g/mol. The van der Waals surface area contributed by atoms with Crippen molar-refractivity contribution in [3.05, 3.63) is 59.4 Å². The fourth-order valence-corrected chi connectivity index (χ4v) is 5.92. The quantitative estimate of drug-likeness (QED) is 0.488. The van der Waals surface area contributed by atoms with Crippen LogP contribution in [0.25, 0.3) is 0 Å². The van der Waals surface area contributed by atoms with E-state index in [9.17, 15) is 18.0 Å². The minimum Gasteiger partial charge on any atom is -0.383 e. The lowest BCUT2D eigenvalue weighted by atomic mass is 9.83. The molecule has 1 N–H and O–H groups in total. The van der Waals surface area contributed by atoms with E-state index in [0.717, 1.165) is 30.7 Å². The van der Waals surface area contributed by atoms with Crippen LogP contribution in [0.15, 0.2) is 42.6 Å². The molecule has 2 unspecified atom stereocenters. The smallest absolute Gasteiger partial charge is 0.383 e. The number of nitrogens with zero attached hydrogens (tertiary/aromatic N) is 3. The number of alkyl halides is 3. The maximum atomic E-state index is 14.3. The molecule has 1 aliphatic heterocycles. The molecule has 2 aliphatic rings. The van der Waals surface area contributed by atoms with E-state index in [1.807, 2.05) is 12.1 Å². The van der Waals surface area contributed by atoms with Gasteiger partial charge in [0.1, 0.15) is 0 Å². The van der Waals surface area contributed by atoms with Crippen molar-refractivity contribution in [2.75, 3.05) is 45.7 Å². The summed E-state index contributed by atoms with van der Waals surface area (Å²) in [4.78, 5) is 20.5.